The molecule has 0 bridgehead atoms. The quantitative estimate of drug-likeness (QED) is 0.650. The van der Waals surface area contributed by atoms with Crippen molar-refractivity contribution in [3.8, 4) is 0 Å². The third-order valence-electron chi connectivity index (χ3n) is 2.61. The summed E-state index contributed by atoms with van der Waals surface area (Å²) in [5, 5.41) is 0.406. The molecule has 0 saturated carbocycles. The highest BCUT2D eigenvalue weighted by Crippen LogP contribution is 2.24. The number of rotatable bonds is 2. The lowest BCUT2D eigenvalue weighted by Gasteiger charge is -2.06. The lowest BCUT2D eigenvalue weighted by Crippen LogP contribution is -2.05. The van der Waals surface area contributed by atoms with Gasteiger partial charge in [-0.2, -0.15) is 0 Å². The third kappa shape index (κ3) is 2.32. The van der Waals surface area contributed by atoms with E-state index >= 15 is 0 Å². The molecule has 0 radical (unpaired) electrons. The molecule has 0 aliphatic rings. The highest BCUT2D eigenvalue weighted by atomic mass is 35.5. The molecule has 2 N–H and O–H groups in total. The number of anilines is 1. The largest absolute Gasteiger partial charge is 0.397 e. The first-order valence-corrected chi connectivity index (χ1v) is 5.63. The van der Waals surface area contributed by atoms with Gasteiger partial charge in [0.25, 0.3) is 0 Å². The summed E-state index contributed by atoms with van der Waals surface area (Å²) in [5.41, 5.74) is 8.30. The number of nitrogens with two attached hydrogens (primary N) is 1. The molecular weight excluding hydrogens is 234 g/mol. The number of carbonyl (C=O) groups excluding carboxylic acids is 1. The minimum absolute atomic E-state index is 0.106. The average Bonchev–Trinajstić information content (AvgIpc) is 2.33. The second kappa shape index (κ2) is 4.60. The van der Waals surface area contributed by atoms with Gasteiger partial charge in [-0.05, 0) is 19.1 Å². The van der Waals surface area contributed by atoms with Crippen molar-refractivity contribution < 1.29 is 4.79 Å². The van der Waals surface area contributed by atoms with Gasteiger partial charge in [-0.1, -0.05) is 47.5 Å². The van der Waals surface area contributed by atoms with Crippen LogP contribution in [0.25, 0.3) is 0 Å². The van der Waals surface area contributed by atoms with Crippen molar-refractivity contribution in [2.75, 3.05) is 5.73 Å². The van der Waals surface area contributed by atoms with E-state index in [9.17, 15) is 4.79 Å². The Balaban J connectivity index is 2.44. The van der Waals surface area contributed by atoms with Crippen LogP contribution in [0.3, 0.4) is 0 Å². The Morgan fingerprint density at radius 1 is 1.12 bits per heavy atom. The van der Waals surface area contributed by atoms with Gasteiger partial charge in [-0.25, -0.2) is 0 Å². The molecule has 17 heavy (non-hydrogen) atoms. The number of aryl methyl sites for hydroxylation is 1. The van der Waals surface area contributed by atoms with E-state index in [1.807, 2.05) is 19.1 Å². The first-order valence-electron chi connectivity index (χ1n) is 5.25. The molecule has 0 spiro atoms. The Morgan fingerprint density at radius 2 is 1.76 bits per heavy atom. The van der Waals surface area contributed by atoms with Crippen molar-refractivity contribution in [2.24, 2.45) is 0 Å². The molecule has 0 aliphatic heterocycles. The molecule has 0 atom stereocenters. The SMILES string of the molecule is Cc1ccc(C(=O)c2cccc(Cl)c2N)cc1. The molecule has 0 aromatic heterocycles. The van der Waals surface area contributed by atoms with E-state index in [2.05, 4.69) is 0 Å². The van der Waals surface area contributed by atoms with Gasteiger partial charge in [-0.3, -0.25) is 4.79 Å². The molecule has 0 saturated heterocycles. The first-order chi connectivity index (χ1) is 8.09. The van der Waals surface area contributed by atoms with Crippen LogP contribution in [0.1, 0.15) is 21.5 Å². The van der Waals surface area contributed by atoms with E-state index in [-0.39, 0.29) is 5.78 Å². The standard InChI is InChI=1S/C14H12ClNO/c1-9-5-7-10(8-6-9)14(17)11-3-2-4-12(15)13(11)16/h2-8H,16H2,1H3. The Kier molecular flexibility index (Phi) is 3.16. The van der Waals surface area contributed by atoms with Crippen LogP contribution in [0.5, 0.6) is 0 Å². The number of para-hydroxylation sites is 1. The van der Waals surface area contributed by atoms with Crippen molar-refractivity contribution >= 4 is 23.1 Å². The van der Waals surface area contributed by atoms with Crippen LogP contribution in [-0.4, -0.2) is 5.78 Å². The lowest BCUT2D eigenvalue weighted by molar-refractivity contribution is 0.103. The Bertz CT molecular complexity index is 561. The molecule has 0 heterocycles. The van der Waals surface area contributed by atoms with Gasteiger partial charge in [0.2, 0.25) is 0 Å². The normalized spacial score (nSPS) is 10.2. The number of hydrogen-bond donors (Lipinski definition) is 1. The van der Waals surface area contributed by atoms with Crippen molar-refractivity contribution in [3.63, 3.8) is 0 Å². The number of benzene rings is 2. The third-order valence-corrected chi connectivity index (χ3v) is 2.94. The maximum absolute atomic E-state index is 12.2. The second-order valence-corrected chi connectivity index (χ2v) is 4.30. The molecule has 0 fully saturated rings. The molecule has 2 nitrogen and oxygen atoms in total. The maximum atomic E-state index is 12.2. The molecule has 2 rings (SSSR count). The molecule has 2 aromatic rings. The monoisotopic (exact) mass is 245 g/mol. The van der Waals surface area contributed by atoms with Crippen LogP contribution in [0.2, 0.25) is 5.02 Å². The van der Waals surface area contributed by atoms with Crippen molar-refractivity contribution in [1.29, 1.82) is 0 Å². The van der Waals surface area contributed by atoms with Crippen molar-refractivity contribution in [2.45, 2.75) is 6.92 Å². The Hall–Kier alpha value is -1.80. The number of halogens is 1. The van der Waals surface area contributed by atoms with Crippen molar-refractivity contribution in [1.82, 2.24) is 0 Å². The second-order valence-electron chi connectivity index (χ2n) is 3.90. The highest BCUT2D eigenvalue weighted by Gasteiger charge is 2.13. The summed E-state index contributed by atoms with van der Waals surface area (Å²) >= 11 is 5.89. The number of ketones is 1. The van der Waals surface area contributed by atoms with E-state index < -0.39 is 0 Å². The van der Waals surface area contributed by atoms with E-state index in [0.29, 0.717) is 21.8 Å². The zero-order chi connectivity index (χ0) is 12.4. The van der Waals surface area contributed by atoms with Crippen molar-refractivity contribution in [3.05, 3.63) is 64.2 Å². The Labute approximate surface area is 105 Å². The van der Waals surface area contributed by atoms with E-state index in [1.54, 1.807) is 30.3 Å². The van der Waals surface area contributed by atoms with Gasteiger partial charge in [0.05, 0.1) is 10.7 Å². The van der Waals surface area contributed by atoms with Gasteiger partial charge in [-0.15, -0.1) is 0 Å². The number of carbonyl (C=O) groups is 1. The molecule has 0 aliphatic carbocycles. The number of nitrogen functional groups attached to an aromatic ring is 1. The van der Waals surface area contributed by atoms with Crippen LogP contribution >= 0.6 is 11.6 Å². The summed E-state index contributed by atoms with van der Waals surface area (Å²) < 4.78 is 0. The summed E-state index contributed by atoms with van der Waals surface area (Å²) in [6, 6.07) is 12.4. The Morgan fingerprint density at radius 3 is 2.41 bits per heavy atom. The van der Waals surface area contributed by atoms with Crippen LogP contribution in [0.4, 0.5) is 5.69 Å². The van der Waals surface area contributed by atoms with Gasteiger partial charge >= 0.3 is 0 Å². The fourth-order valence-electron chi connectivity index (χ4n) is 1.60. The summed E-state index contributed by atoms with van der Waals surface area (Å²) in [4.78, 5) is 12.2. The van der Waals surface area contributed by atoms with E-state index in [1.165, 1.54) is 0 Å². The molecule has 2 aromatic carbocycles. The van der Waals surface area contributed by atoms with E-state index in [4.69, 9.17) is 17.3 Å². The fraction of sp³-hybridized carbons (Fsp3) is 0.0714. The molecule has 0 amide bonds. The smallest absolute Gasteiger partial charge is 0.195 e. The minimum Gasteiger partial charge on any atom is -0.397 e. The van der Waals surface area contributed by atoms with Gasteiger partial charge < -0.3 is 5.73 Å². The topological polar surface area (TPSA) is 43.1 Å². The maximum Gasteiger partial charge on any atom is 0.195 e. The zero-order valence-corrected chi connectivity index (χ0v) is 10.2. The van der Waals surface area contributed by atoms with E-state index in [0.717, 1.165) is 5.56 Å². The molecule has 0 unspecified atom stereocenters. The highest BCUT2D eigenvalue weighted by molar-refractivity contribution is 6.34. The molecule has 3 heteroatoms. The molecular formula is C14H12ClNO. The zero-order valence-electron chi connectivity index (χ0n) is 9.41. The predicted molar refractivity (Wildman–Crippen MR) is 70.5 cm³/mol. The molecule has 86 valence electrons. The summed E-state index contributed by atoms with van der Waals surface area (Å²) in [6.07, 6.45) is 0. The minimum atomic E-state index is -0.106. The average molecular weight is 246 g/mol. The fourth-order valence-corrected chi connectivity index (χ4v) is 1.77. The number of hydrogen-bond acceptors (Lipinski definition) is 2. The lowest BCUT2D eigenvalue weighted by atomic mass is 10.0. The van der Waals surface area contributed by atoms with Crippen LogP contribution in [0.15, 0.2) is 42.5 Å². The van der Waals surface area contributed by atoms with Gasteiger partial charge in [0.1, 0.15) is 0 Å². The van der Waals surface area contributed by atoms with Gasteiger partial charge in [0.15, 0.2) is 5.78 Å². The van der Waals surface area contributed by atoms with Crippen LogP contribution < -0.4 is 5.73 Å². The summed E-state index contributed by atoms with van der Waals surface area (Å²) in [6.45, 7) is 1.97. The van der Waals surface area contributed by atoms with Gasteiger partial charge in [0, 0.05) is 11.1 Å². The summed E-state index contributed by atoms with van der Waals surface area (Å²) in [5.74, 6) is -0.106. The first kappa shape index (κ1) is 11.7. The summed E-state index contributed by atoms with van der Waals surface area (Å²) in [7, 11) is 0. The predicted octanol–water partition coefficient (Wildman–Crippen LogP) is 3.46. The van der Waals surface area contributed by atoms with Crippen LogP contribution in [-0.2, 0) is 0 Å². The van der Waals surface area contributed by atoms with Crippen LogP contribution in [0, 0.1) is 6.92 Å².